The fraction of sp³-hybridized carbons (Fsp3) is 0.250. The summed E-state index contributed by atoms with van der Waals surface area (Å²) in [5, 5.41) is 0. The first kappa shape index (κ1) is 5.52. The molecular formula is C4H8N2OSi. The summed E-state index contributed by atoms with van der Waals surface area (Å²) in [6, 6.07) is 0. The van der Waals surface area contributed by atoms with E-state index in [0.717, 1.165) is 0 Å². The van der Waals surface area contributed by atoms with Gasteiger partial charge >= 0.3 is 0 Å². The normalized spacial score (nSPS) is 11.1. The highest BCUT2D eigenvalue weighted by molar-refractivity contribution is 6.24. The van der Waals surface area contributed by atoms with Gasteiger partial charge in [-0.1, -0.05) is 0 Å². The molecule has 3 nitrogen and oxygen atoms in total. The van der Waals surface area contributed by atoms with Crippen LogP contribution < -0.4 is 0 Å². The lowest BCUT2D eigenvalue weighted by Gasteiger charge is -1.93. The molecule has 0 fully saturated rings. The quantitative estimate of drug-likeness (QED) is 0.496. The van der Waals surface area contributed by atoms with E-state index in [9.17, 15) is 0 Å². The number of rotatable bonds is 2. The maximum Gasteiger partial charge on any atom is 0.271 e. The van der Waals surface area contributed by atoms with E-state index >= 15 is 0 Å². The molecule has 0 aromatic carbocycles. The second-order valence-corrected chi connectivity index (χ2v) is 3.06. The van der Waals surface area contributed by atoms with Gasteiger partial charge in [0.25, 0.3) is 9.92 Å². The second kappa shape index (κ2) is 2.63. The Morgan fingerprint density at radius 3 is 3.12 bits per heavy atom. The van der Waals surface area contributed by atoms with Crippen LogP contribution in [-0.2, 0) is 4.43 Å². The van der Waals surface area contributed by atoms with Crippen molar-refractivity contribution < 1.29 is 4.43 Å². The van der Waals surface area contributed by atoms with Crippen molar-refractivity contribution in [2.45, 2.75) is 0 Å². The van der Waals surface area contributed by atoms with Gasteiger partial charge < -0.3 is 8.66 Å². The van der Waals surface area contributed by atoms with E-state index in [-0.39, 0.29) is 0 Å². The molecule has 0 saturated heterocycles. The van der Waals surface area contributed by atoms with E-state index in [2.05, 4.69) is 4.98 Å². The van der Waals surface area contributed by atoms with Crippen molar-refractivity contribution in [3.63, 3.8) is 0 Å². The molecule has 0 spiro atoms. The molecule has 0 aliphatic rings. The van der Waals surface area contributed by atoms with Crippen molar-refractivity contribution in [3.05, 3.63) is 18.7 Å². The predicted octanol–water partition coefficient (Wildman–Crippen LogP) is -0.624. The maximum absolute atomic E-state index is 4.95. The van der Waals surface area contributed by atoms with Crippen LogP contribution >= 0.6 is 0 Å². The van der Waals surface area contributed by atoms with Gasteiger partial charge in [0.2, 0.25) is 0 Å². The maximum atomic E-state index is 4.95. The summed E-state index contributed by atoms with van der Waals surface area (Å²) < 4.78 is 6.93. The zero-order chi connectivity index (χ0) is 5.82. The van der Waals surface area contributed by atoms with Gasteiger partial charge in [0.15, 0.2) is 0 Å². The van der Waals surface area contributed by atoms with E-state index in [4.69, 9.17) is 4.43 Å². The van der Waals surface area contributed by atoms with Crippen molar-refractivity contribution >= 4 is 9.92 Å². The van der Waals surface area contributed by atoms with Crippen molar-refractivity contribution in [2.75, 3.05) is 7.11 Å². The van der Waals surface area contributed by atoms with Crippen LogP contribution in [0.4, 0.5) is 0 Å². The van der Waals surface area contributed by atoms with Crippen LogP contribution in [-0.4, -0.2) is 26.3 Å². The van der Waals surface area contributed by atoms with Crippen LogP contribution in [0.5, 0.6) is 0 Å². The van der Waals surface area contributed by atoms with Crippen LogP contribution in [0.3, 0.4) is 0 Å². The summed E-state index contributed by atoms with van der Waals surface area (Å²) in [6.45, 7) is 0. The summed E-state index contributed by atoms with van der Waals surface area (Å²) in [6.07, 6.45) is 5.44. The number of hydrogen-bond donors (Lipinski definition) is 0. The third-order valence-electron chi connectivity index (χ3n) is 0.837. The van der Waals surface area contributed by atoms with Crippen molar-refractivity contribution in [1.29, 1.82) is 0 Å². The standard InChI is InChI=1S/C4H8N2OSi/c1-7-8-6-3-2-5-4-6/h2-4H,8H2,1H3. The molecule has 1 aromatic rings. The molecule has 8 heavy (non-hydrogen) atoms. The first-order valence-corrected chi connectivity index (χ1v) is 3.59. The SMILES string of the molecule is CO[SiH2]n1ccnc1. The van der Waals surface area contributed by atoms with E-state index in [1.54, 1.807) is 19.6 Å². The summed E-state index contributed by atoms with van der Waals surface area (Å²) in [7, 11) is 1.21. The average molecular weight is 128 g/mol. The summed E-state index contributed by atoms with van der Waals surface area (Å²) in [5.74, 6) is 0. The molecular weight excluding hydrogens is 120 g/mol. The first-order valence-electron chi connectivity index (χ1n) is 2.38. The van der Waals surface area contributed by atoms with E-state index in [1.165, 1.54) is 0 Å². The third kappa shape index (κ3) is 1.18. The average Bonchev–Trinajstić information content (AvgIpc) is 2.19. The lowest BCUT2D eigenvalue weighted by atomic mass is 11.0. The van der Waals surface area contributed by atoms with E-state index in [0.29, 0.717) is 0 Å². The van der Waals surface area contributed by atoms with Crippen LogP contribution in [0.1, 0.15) is 0 Å². The molecule has 0 atom stereocenters. The molecule has 0 aliphatic carbocycles. The zero-order valence-corrected chi connectivity index (χ0v) is 6.16. The Morgan fingerprint density at radius 1 is 1.75 bits per heavy atom. The molecule has 0 bridgehead atoms. The zero-order valence-electron chi connectivity index (χ0n) is 4.74. The fourth-order valence-electron chi connectivity index (χ4n) is 0.512. The topological polar surface area (TPSA) is 27.1 Å². The molecule has 1 heterocycles. The van der Waals surface area contributed by atoms with Crippen LogP contribution in [0.25, 0.3) is 0 Å². The minimum atomic E-state index is -0.505. The van der Waals surface area contributed by atoms with Gasteiger partial charge in [-0.25, -0.2) is 4.98 Å². The Kier molecular flexibility index (Phi) is 1.82. The van der Waals surface area contributed by atoms with Crippen molar-refractivity contribution in [1.82, 2.24) is 9.22 Å². The Morgan fingerprint density at radius 2 is 2.62 bits per heavy atom. The van der Waals surface area contributed by atoms with Gasteiger partial charge in [0, 0.05) is 19.5 Å². The fourth-order valence-corrected chi connectivity index (χ4v) is 1.15. The molecule has 0 aliphatic heterocycles. The number of hydrogen-bond acceptors (Lipinski definition) is 2. The van der Waals surface area contributed by atoms with Crippen molar-refractivity contribution in [3.8, 4) is 0 Å². The third-order valence-corrected chi connectivity index (χ3v) is 1.77. The summed E-state index contributed by atoms with van der Waals surface area (Å²) in [5.41, 5.74) is 0. The Hall–Kier alpha value is -0.613. The molecule has 0 saturated carbocycles. The largest absolute Gasteiger partial charge is 0.406 e. The lowest BCUT2D eigenvalue weighted by Crippen LogP contribution is -2.04. The summed E-state index contributed by atoms with van der Waals surface area (Å²) >= 11 is 0. The lowest BCUT2D eigenvalue weighted by molar-refractivity contribution is 0.434. The summed E-state index contributed by atoms with van der Waals surface area (Å²) in [4.78, 5) is 3.86. The van der Waals surface area contributed by atoms with Crippen LogP contribution in [0.15, 0.2) is 18.7 Å². The molecule has 1 rings (SSSR count). The van der Waals surface area contributed by atoms with E-state index in [1.807, 2.05) is 10.4 Å². The van der Waals surface area contributed by atoms with Gasteiger partial charge in [-0.2, -0.15) is 0 Å². The van der Waals surface area contributed by atoms with Gasteiger partial charge in [-0.15, -0.1) is 0 Å². The number of aromatic nitrogens is 2. The Labute approximate surface area is 50.3 Å². The second-order valence-electron chi connectivity index (χ2n) is 1.49. The molecule has 1 aromatic heterocycles. The highest BCUT2D eigenvalue weighted by Crippen LogP contribution is 1.78. The monoisotopic (exact) mass is 128 g/mol. The number of nitrogens with zero attached hydrogens (tertiary/aromatic N) is 2. The molecule has 0 amide bonds. The van der Waals surface area contributed by atoms with Gasteiger partial charge in [0.1, 0.15) is 0 Å². The number of imidazole rings is 1. The molecule has 4 heteroatoms. The molecule has 44 valence electrons. The minimum absolute atomic E-state index is 0.505. The first-order chi connectivity index (χ1) is 3.93. The van der Waals surface area contributed by atoms with Gasteiger partial charge in [-0.3, -0.25) is 0 Å². The Balaban J connectivity index is 2.50. The highest BCUT2D eigenvalue weighted by atomic mass is 28.2. The highest BCUT2D eigenvalue weighted by Gasteiger charge is 1.83. The molecule has 0 radical (unpaired) electrons. The molecule has 0 unspecified atom stereocenters. The van der Waals surface area contributed by atoms with Crippen molar-refractivity contribution in [2.24, 2.45) is 0 Å². The smallest absolute Gasteiger partial charge is 0.271 e. The van der Waals surface area contributed by atoms with Crippen LogP contribution in [0.2, 0.25) is 0 Å². The van der Waals surface area contributed by atoms with Gasteiger partial charge in [0.05, 0.1) is 6.33 Å². The predicted molar refractivity (Wildman–Crippen MR) is 33.2 cm³/mol. The van der Waals surface area contributed by atoms with E-state index < -0.39 is 9.92 Å². The van der Waals surface area contributed by atoms with Crippen LogP contribution in [0, 0.1) is 0 Å². The molecule has 0 N–H and O–H groups in total. The van der Waals surface area contributed by atoms with Gasteiger partial charge in [-0.05, 0) is 0 Å². The Bertz CT molecular complexity index is 140. The minimum Gasteiger partial charge on any atom is -0.406 e.